The SMILES string of the molecule is C(=C\c1ccc(OCCCCCCCCCC[P+](c2ccccc2)(c2ccccc2)c2ccccc2)cc1)/c1ccccc1.[I-]. The van der Waals surface area contributed by atoms with E-state index in [-0.39, 0.29) is 24.0 Å². The van der Waals surface area contributed by atoms with Crippen LogP contribution in [0.5, 0.6) is 5.75 Å². The van der Waals surface area contributed by atoms with E-state index in [1.54, 1.807) is 0 Å². The van der Waals surface area contributed by atoms with Gasteiger partial charge in [0.2, 0.25) is 0 Å². The van der Waals surface area contributed by atoms with Crippen LogP contribution in [0, 0.1) is 0 Å². The first-order valence-electron chi connectivity index (χ1n) is 16.4. The van der Waals surface area contributed by atoms with Gasteiger partial charge < -0.3 is 28.7 Å². The quantitative estimate of drug-likeness (QED) is 0.0422. The molecule has 0 saturated heterocycles. The van der Waals surface area contributed by atoms with Gasteiger partial charge in [0.15, 0.2) is 0 Å². The summed E-state index contributed by atoms with van der Waals surface area (Å²) in [7, 11) is -1.69. The molecule has 1 nitrogen and oxygen atoms in total. The molecule has 0 aliphatic rings. The molecule has 3 heteroatoms. The fourth-order valence-corrected chi connectivity index (χ4v) is 10.4. The maximum absolute atomic E-state index is 6.00. The normalized spacial score (nSPS) is 11.3. The summed E-state index contributed by atoms with van der Waals surface area (Å²) >= 11 is 0. The molecule has 0 N–H and O–H groups in total. The monoisotopic (exact) mass is 724 g/mol. The van der Waals surface area contributed by atoms with Crippen LogP contribution in [0.3, 0.4) is 0 Å². The van der Waals surface area contributed by atoms with Crippen LogP contribution < -0.4 is 44.6 Å². The zero-order valence-electron chi connectivity index (χ0n) is 26.3. The van der Waals surface area contributed by atoms with Crippen molar-refractivity contribution < 1.29 is 28.7 Å². The highest BCUT2D eigenvalue weighted by atomic mass is 127. The van der Waals surface area contributed by atoms with E-state index in [0.29, 0.717) is 0 Å². The van der Waals surface area contributed by atoms with Crippen molar-refractivity contribution in [2.24, 2.45) is 0 Å². The number of ether oxygens (including phenoxy) is 1. The number of halogens is 1. The zero-order valence-corrected chi connectivity index (χ0v) is 29.4. The largest absolute Gasteiger partial charge is 1.00 e. The summed E-state index contributed by atoms with van der Waals surface area (Å²) in [5, 5.41) is 4.49. The zero-order chi connectivity index (χ0) is 30.1. The lowest BCUT2D eigenvalue weighted by molar-refractivity contribution is -0.00000908. The van der Waals surface area contributed by atoms with Crippen LogP contribution in [0.25, 0.3) is 12.2 Å². The Labute approximate surface area is 289 Å². The van der Waals surface area contributed by atoms with Crippen LogP contribution in [-0.4, -0.2) is 12.8 Å². The van der Waals surface area contributed by atoms with Gasteiger partial charge in [0.1, 0.15) is 28.9 Å². The molecule has 45 heavy (non-hydrogen) atoms. The summed E-state index contributed by atoms with van der Waals surface area (Å²) in [5.74, 6) is 0.960. The standard InChI is InChI=1S/C42H46OP.HI/c1(3-5-19-35-43-39-33-31-38(32-34-39)30-29-37-21-11-7-12-22-37)2-4-6-20-36-44(40-23-13-8-14-24-40,41-25-15-9-16-26-41)42-27-17-10-18-28-42;/h7-18,21-34H,1-6,19-20,35-36H2;1H/q+1;/p-1/b30-29+;. The molecule has 5 aromatic carbocycles. The van der Waals surface area contributed by atoms with Gasteiger partial charge in [0.05, 0.1) is 12.8 Å². The van der Waals surface area contributed by atoms with E-state index in [1.807, 2.05) is 6.07 Å². The van der Waals surface area contributed by atoms with Crippen molar-refractivity contribution >= 4 is 35.3 Å². The van der Waals surface area contributed by atoms with Gasteiger partial charge in [0.25, 0.3) is 0 Å². The maximum atomic E-state index is 6.00. The second kappa shape index (κ2) is 19.3. The van der Waals surface area contributed by atoms with Crippen molar-refractivity contribution in [1.82, 2.24) is 0 Å². The number of unbranched alkanes of at least 4 members (excludes halogenated alkanes) is 7. The predicted octanol–water partition coefficient (Wildman–Crippen LogP) is 7.35. The van der Waals surface area contributed by atoms with Crippen LogP contribution in [0.15, 0.2) is 146 Å². The Morgan fingerprint density at radius 1 is 0.400 bits per heavy atom. The van der Waals surface area contributed by atoms with Crippen molar-refractivity contribution in [3.63, 3.8) is 0 Å². The van der Waals surface area contributed by atoms with Gasteiger partial charge in [-0.3, -0.25) is 0 Å². The first kappa shape index (κ1) is 34.7. The second-order valence-corrected chi connectivity index (χ2v) is 15.1. The van der Waals surface area contributed by atoms with Crippen LogP contribution in [0.1, 0.15) is 62.5 Å². The molecule has 0 aromatic heterocycles. The summed E-state index contributed by atoms with van der Waals surface area (Å²) in [6.07, 6.45) is 15.7. The molecule has 0 bridgehead atoms. The molecule has 0 heterocycles. The van der Waals surface area contributed by atoms with Gasteiger partial charge in [-0.25, -0.2) is 0 Å². The Hall–Kier alpha value is -3.20. The molecular formula is C42H46IOP. The molecule has 5 rings (SSSR count). The van der Waals surface area contributed by atoms with Crippen LogP contribution in [0.4, 0.5) is 0 Å². The third kappa shape index (κ3) is 10.4. The minimum absolute atomic E-state index is 0. The van der Waals surface area contributed by atoms with Crippen molar-refractivity contribution in [2.45, 2.75) is 51.4 Å². The van der Waals surface area contributed by atoms with Crippen molar-refractivity contribution in [1.29, 1.82) is 0 Å². The summed E-state index contributed by atoms with van der Waals surface area (Å²) in [5.41, 5.74) is 2.40. The number of hydrogen-bond acceptors (Lipinski definition) is 1. The molecule has 0 aliphatic heterocycles. The predicted molar refractivity (Wildman–Crippen MR) is 194 cm³/mol. The Bertz CT molecular complexity index is 1410. The number of benzene rings is 5. The summed E-state index contributed by atoms with van der Waals surface area (Å²) in [4.78, 5) is 0. The topological polar surface area (TPSA) is 9.23 Å². The lowest BCUT2D eigenvalue weighted by Crippen LogP contribution is -3.00. The van der Waals surface area contributed by atoms with E-state index < -0.39 is 7.26 Å². The fraction of sp³-hybridized carbons (Fsp3) is 0.238. The van der Waals surface area contributed by atoms with E-state index in [9.17, 15) is 0 Å². The molecule has 0 aliphatic carbocycles. The highest BCUT2D eigenvalue weighted by Gasteiger charge is 2.44. The average Bonchev–Trinajstić information content (AvgIpc) is 3.10. The molecule has 0 saturated carbocycles. The molecule has 5 aromatic rings. The fourth-order valence-electron chi connectivity index (χ4n) is 6.02. The van der Waals surface area contributed by atoms with Gasteiger partial charge in [-0.1, -0.05) is 141 Å². The molecule has 0 amide bonds. The molecular weight excluding hydrogens is 678 g/mol. The van der Waals surface area contributed by atoms with Gasteiger partial charge in [0, 0.05) is 0 Å². The third-order valence-corrected chi connectivity index (χ3v) is 12.9. The molecule has 0 radical (unpaired) electrons. The van der Waals surface area contributed by atoms with Gasteiger partial charge in [-0.15, -0.1) is 0 Å². The first-order chi connectivity index (χ1) is 21.8. The number of rotatable bonds is 17. The van der Waals surface area contributed by atoms with Crippen molar-refractivity contribution in [3.8, 4) is 5.75 Å². The Kier molecular flexibility index (Phi) is 14.9. The van der Waals surface area contributed by atoms with Crippen LogP contribution >= 0.6 is 7.26 Å². The highest BCUT2D eigenvalue weighted by molar-refractivity contribution is 7.95. The first-order valence-corrected chi connectivity index (χ1v) is 18.3. The average molecular weight is 725 g/mol. The molecule has 0 spiro atoms. The van der Waals surface area contributed by atoms with Gasteiger partial charge >= 0.3 is 0 Å². The Morgan fingerprint density at radius 2 is 0.778 bits per heavy atom. The summed E-state index contributed by atoms with van der Waals surface area (Å²) < 4.78 is 6.00. The minimum atomic E-state index is -1.69. The molecule has 0 atom stereocenters. The van der Waals surface area contributed by atoms with Crippen LogP contribution in [0.2, 0.25) is 0 Å². The molecule has 0 unspecified atom stereocenters. The summed E-state index contributed by atoms with van der Waals surface area (Å²) in [6, 6.07) is 52.6. The van der Waals surface area contributed by atoms with E-state index in [0.717, 1.165) is 18.8 Å². The van der Waals surface area contributed by atoms with Gasteiger partial charge in [-0.05, 0) is 78.9 Å². The Morgan fingerprint density at radius 3 is 1.24 bits per heavy atom. The number of hydrogen-bond donors (Lipinski definition) is 0. The smallest absolute Gasteiger partial charge is 0.119 e. The highest BCUT2D eigenvalue weighted by Crippen LogP contribution is 2.56. The molecule has 232 valence electrons. The Balaban J connectivity index is 0.00000461. The van der Waals surface area contributed by atoms with Gasteiger partial charge in [-0.2, -0.15) is 0 Å². The molecule has 0 fully saturated rings. The van der Waals surface area contributed by atoms with E-state index in [1.165, 1.54) is 78.1 Å². The second-order valence-electron chi connectivity index (χ2n) is 11.5. The van der Waals surface area contributed by atoms with E-state index >= 15 is 0 Å². The van der Waals surface area contributed by atoms with E-state index in [2.05, 4.69) is 152 Å². The van der Waals surface area contributed by atoms with E-state index in [4.69, 9.17) is 4.74 Å². The lowest BCUT2D eigenvalue weighted by Gasteiger charge is -2.27. The van der Waals surface area contributed by atoms with Crippen LogP contribution in [-0.2, 0) is 0 Å². The van der Waals surface area contributed by atoms with Crippen molar-refractivity contribution in [2.75, 3.05) is 12.8 Å². The minimum Gasteiger partial charge on any atom is -1.00 e. The van der Waals surface area contributed by atoms with Crippen molar-refractivity contribution in [3.05, 3.63) is 157 Å². The maximum Gasteiger partial charge on any atom is 0.119 e. The lowest BCUT2D eigenvalue weighted by atomic mass is 10.1. The third-order valence-electron chi connectivity index (χ3n) is 8.40. The summed E-state index contributed by atoms with van der Waals surface area (Å²) in [6.45, 7) is 0.795.